The van der Waals surface area contributed by atoms with Crippen LogP contribution in [0.4, 0.5) is 0 Å². The molecule has 7 rings (SSSR count). The summed E-state index contributed by atoms with van der Waals surface area (Å²) in [6.45, 7) is 11.1. The lowest BCUT2D eigenvalue weighted by molar-refractivity contribution is -0.187. The van der Waals surface area contributed by atoms with Gasteiger partial charge in [-0.25, -0.2) is 0 Å². The van der Waals surface area contributed by atoms with Crippen LogP contribution in [0.2, 0.25) is 0 Å². The molecule has 2 heterocycles. The van der Waals surface area contributed by atoms with Crippen molar-refractivity contribution >= 4 is 0 Å². The summed E-state index contributed by atoms with van der Waals surface area (Å²) in [6, 6.07) is 0. The lowest BCUT2D eigenvalue weighted by Crippen LogP contribution is -2.59. The first-order chi connectivity index (χ1) is 15.4. The molecule has 0 aromatic heterocycles. The van der Waals surface area contributed by atoms with Crippen LogP contribution >= 0.6 is 0 Å². The molecule has 1 spiro atoms. The second-order valence-electron chi connectivity index (χ2n) is 12.5. The summed E-state index contributed by atoms with van der Waals surface area (Å²) in [6.07, 6.45) is 17.5. The minimum Gasteiger partial charge on any atom is -0.374 e. The normalized spacial score (nSPS) is 52.6. The van der Waals surface area contributed by atoms with Crippen molar-refractivity contribution in [1.82, 2.24) is 0 Å². The van der Waals surface area contributed by atoms with Gasteiger partial charge in [0.1, 0.15) is 11.2 Å². The summed E-state index contributed by atoms with van der Waals surface area (Å²) in [5.41, 5.74) is 2.15. The Hall–Kier alpha value is -0.680. The molecule has 4 saturated carbocycles. The van der Waals surface area contributed by atoms with Crippen molar-refractivity contribution in [1.29, 1.82) is 0 Å². The Labute approximate surface area is 193 Å². The Morgan fingerprint density at radius 1 is 1.06 bits per heavy atom. The maximum absolute atomic E-state index is 6.92. The number of fused-ring (bicyclic) bond motifs is 3. The molecule has 32 heavy (non-hydrogen) atoms. The molecule has 0 bridgehead atoms. The van der Waals surface area contributed by atoms with Crippen molar-refractivity contribution in [2.45, 2.75) is 107 Å². The molecule has 6 unspecified atom stereocenters. The third-order valence-electron chi connectivity index (χ3n) is 11.5. The average Bonchev–Trinajstić information content (AvgIpc) is 3.66. The zero-order valence-electron chi connectivity index (χ0n) is 20.0. The van der Waals surface area contributed by atoms with Crippen molar-refractivity contribution in [2.24, 2.45) is 22.7 Å². The van der Waals surface area contributed by atoms with Crippen LogP contribution in [0.15, 0.2) is 24.3 Å². The van der Waals surface area contributed by atoms with Gasteiger partial charge in [-0.15, -0.1) is 6.58 Å². The van der Waals surface area contributed by atoms with E-state index >= 15 is 0 Å². The highest BCUT2D eigenvalue weighted by molar-refractivity contribution is 5.48. The van der Waals surface area contributed by atoms with Gasteiger partial charge < -0.3 is 18.9 Å². The second kappa shape index (κ2) is 6.30. The van der Waals surface area contributed by atoms with Crippen LogP contribution in [0.3, 0.4) is 0 Å². The van der Waals surface area contributed by atoms with Gasteiger partial charge in [-0.05, 0) is 82.1 Å². The summed E-state index contributed by atoms with van der Waals surface area (Å²) in [5, 5.41) is 0. The van der Waals surface area contributed by atoms with E-state index in [1.54, 1.807) is 5.57 Å². The topological polar surface area (TPSA) is 40.2 Å². The van der Waals surface area contributed by atoms with E-state index in [2.05, 4.69) is 26.5 Å². The zero-order chi connectivity index (χ0) is 21.9. The SMILES string of the molecule is C=CCCOC1(C)CCC2C3(C4CC4)CCC45CC6(CCC4(O5)C3=CCC21C)OCCO6. The van der Waals surface area contributed by atoms with Crippen molar-refractivity contribution in [2.75, 3.05) is 19.8 Å². The highest BCUT2D eigenvalue weighted by Gasteiger charge is 2.83. The third kappa shape index (κ3) is 2.29. The Bertz CT molecular complexity index is 871. The fraction of sp³-hybridized carbons (Fsp3) is 0.857. The minimum atomic E-state index is -0.367. The van der Waals surface area contributed by atoms with Crippen molar-refractivity contribution in [3.05, 3.63) is 24.3 Å². The van der Waals surface area contributed by atoms with E-state index in [0.717, 1.165) is 57.8 Å². The van der Waals surface area contributed by atoms with E-state index in [1.807, 2.05) is 6.08 Å². The summed E-state index contributed by atoms with van der Waals surface area (Å²) < 4.78 is 25.9. The molecule has 6 atom stereocenters. The van der Waals surface area contributed by atoms with Crippen LogP contribution in [0.5, 0.6) is 0 Å². The number of ether oxygens (including phenoxy) is 4. The molecular weight excluding hydrogens is 400 g/mol. The third-order valence-corrected chi connectivity index (χ3v) is 11.5. The van der Waals surface area contributed by atoms with E-state index < -0.39 is 0 Å². The standard InChI is InChI=1S/C28H40O4/c1-4-5-16-29-24(3)11-9-21-23(24,2)10-8-22-27(21,20-6-7-20)14-12-25-19-26(30-17-18-31-26)13-15-28(22,25)32-25/h4,8,20-21H,1,5-7,9-19H2,2-3H3. The van der Waals surface area contributed by atoms with Gasteiger partial charge in [-0.3, -0.25) is 0 Å². The molecule has 6 fully saturated rings. The molecule has 0 amide bonds. The maximum Gasteiger partial charge on any atom is 0.171 e. The molecule has 5 aliphatic carbocycles. The molecule has 2 saturated heterocycles. The Morgan fingerprint density at radius 3 is 2.62 bits per heavy atom. The molecule has 0 N–H and O–H groups in total. The fourth-order valence-corrected chi connectivity index (χ4v) is 9.61. The number of hydrogen-bond donors (Lipinski definition) is 0. The van der Waals surface area contributed by atoms with Crippen molar-refractivity contribution < 1.29 is 18.9 Å². The minimum absolute atomic E-state index is 0.0293. The van der Waals surface area contributed by atoms with Crippen LogP contribution in [0, 0.1) is 22.7 Å². The van der Waals surface area contributed by atoms with Gasteiger partial charge in [0.15, 0.2) is 5.79 Å². The Kier molecular flexibility index (Phi) is 4.07. The number of epoxide rings is 1. The summed E-state index contributed by atoms with van der Waals surface area (Å²) >= 11 is 0. The van der Waals surface area contributed by atoms with E-state index in [-0.39, 0.29) is 28.0 Å². The molecule has 176 valence electrons. The van der Waals surface area contributed by atoms with Crippen molar-refractivity contribution in [3.8, 4) is 0 Å². The Balaban J connectivity index is 1.26. The predicted molar refractivity (Wildman–Crippen MR) is 122 cm³/mol. The fourth-order valence-electron chi connectivity index (χ4n) is 9.61. The van der Waals surface area contributed by atoms with Crippen LogP contribution in [-0.4, -0.2) is 42.4 Å². The van der Waals surface area contributed by atoms with Crippen LogP contribution in [0.1, 0.15) is 84.5 Å². The van der Waals surface area contributed by atoms with Crippen molar-refractivity contribution in [3.63, 3.8) is 0 Å². The van der Waals surface area contributed by atoms with Gasteiger partial charge in [0.25, 0.3) is 0 Å². The summed E-state index contributed by atoms with van der Waals surface area (Å²) in [5.74, 6) is 1.19. The molecule has 0 radical (unpaired) electrons. The van der Waals surface area contributed by atoms with E-state index in [0.29, 0.717) is 11.3 Å². The van der Waals surface area contributed by atoms with Crippen LogP contribution in [0.25, 0.3) is 0 Å². The highest BCUT2D eigenvalue weighted by Crippen LogP contribution is 2.81. The first-order valence-corrected chi connectivity index (χ1v) is 13.3. The molecular formula is C28H40O4. The highest BCUT2D eigenvalue weighted by atomic mass is 16.7. The smallest absolute Gasteiger partial charge is 0.171 e. The van der Waals surface area contributed by atoms with Gasteiger partial charge in [0.05, 0.1) is 25.4 Å². The summed E-state index contributed by atoms with van der Waals surface area (Å²) in [4.78, 5) is 0. The molecule has 0 aromatic rings. The van der Waals surface area contributed by atoms with Gasteiger partial charge in [-0.1, -0.05) is 19.1 Å². The van der Waals surface area contributed by atoms with Crippen LogP contribution < -0.4 is 0 Å². The lowest BCUT2D eigenvalue weighted by atomic mass is 9.45. The molecule has 4 nitrogen and oxygen atoms in total. The van der Waals surface area contributed by atoms with E-state index in [4.69, 9.17) is 18.9 Å². The predicted octanol–water partition coefficient (Wildman–Crippen LogP) is 5.71. The lowest BCUT2D eigenvalue weighted by Gasteiger charge is -2.59. The monoisotopic (exact) mass is 440 g/mol. The van der Waals surface area contributed by atoms with Gasteiger partial charge >= 0.3 is 0 Å². The molecule has 0 aromatic carbocycles. The molecule has 2 aliphatic heterocycles. The van der Waals surface area contributed by atoms with Gasteiger partial charge in [0.2, 0.25) is 0 Å². The number of hydrogen-bond acceptors (Lipinski definition) is 4. The number of rotatable bonds is 5. The second-order valence-corrected chi connectivity index (χ2v) is 12.5. The maximum atomic E-state index is 6.92. The number of allylic oxidation sites excluding steroid dienone is 1. The van der Waals surface area contributed by atoms with Gasteiger partial charge in [-0.2, -0.15) is 0 Å². The Morgan fingerprint density at radius 2 is 1.88 bits per heavy atom. The summed E-state index contributed by atoms with van der Waals surface area (Å²) in [7, 11) is 0. The quantitative estimate of drug-likeness (QED) is 0.312. The molecule has 7 aliphatic rings. The van der Waals surface area contributed by atoms with E-state index in [9.17, 15) is 0 Å². The zero-order valence-corrected chi connectivity index (χ0v) is 20.0. The molecule has 4 heteroatoms. The van der Waals surface area contributed by atoms with E-state index in [1.165, 1.54) is 38.5 Å². The largest absolute Gasteiger partial charge is 0.374 e. The first-order valence-electron chi connectivity index (χ1n) is 13.3. The van der Waals surface area contributed by atoms with Gasteiger partial charge in [0, 0.05) is 23.7 Å². The first kappa shape index (κ1) is 20.7. The average molecular weight is 441 g/mol. The van der Waals surface area contributed by atoms with Crippen LogP contribution in [-0.2, 0) is 18.9 Å².